The smallest absolute Gasteiger partial charge is 0.0125 e. The molecule has 1 saturated heterocycles. The molecule has 0 aliphatic carbocycles. The van der Waals surface area contributed by atoms with Crippen LogP contribution in [0.2, 0.25) is 0 Å². The predicted molar refractivity (Wildman–Crippen MR) is 48.5 cm³/mol. The molecule has 0 radical (unpaired) electrons. The SMILES string of the molecule is CC(C)(C)N1CC[C@H](CN)C1. The van der Waals surface area contributed by atoms with Crippen molar-refractivity contribution in [3.8, 4) is 0 Å². The summed E-state index contributed by atoms with van der Waals surface area (Å²) in [5, 5.41) is 0. The minimum Gasteiger partial charge on any atom is -0.330 e. The summed E-state index contributed by atoms with van der Waals surface area (Å²) in [6.07, 6.45) is 1.29. The first-order valence-corrected chi connectivity index (χ1v) is 4.49. The van der Waals surface area contributed by atoms with Gasteiger partial charge in [0.05, 0.1) is 0 Å². The molecule has 0 aromatic carbocycles. The predicted octanol–water partition coefficient (Wildman–Crippen LogP) is 1.07. The van der Waals surface area contributed by atoms with Crippen LogP contribution in [0.15, 0.2) is 0 Å². The van der Waals surface area contributed by atoms with Crippen molar-refractivity contribution >= 4 is 0 Å². The Kier molecular flexibility index (Phi) is 2.55. The van der Waals surface area contributed by atoms with Crippen LogP contribution in [0.5, 0.6) is 0 Å². The fourth-order valence-electron chi connectivity index (χ4n) is 1.63. The van der Waals surface area contributed by atoms with Crippen molar-refractivity contribution in [2.75, 3.05) is 19.6 Å². The summed E-state index contributed by atoms with van der Waals surface area (Å²) in [6.45, 7) is 10.1. The molecule has 66 valence electrons. The van der Waals surface area contributed by atoms with Gasteiger partial charge in [-0.2, -0.15) is 0 Å². The van der Waals surface area contributed by atoms with Crippen molar-refractivity contribution in [2.45, 2.75) is 32.7 Å². The Morgan fingerprint density at radius 2 is 2.09 bits per heavy atom. The molecular weight excluding hydrogens is 136 g/mol. The molecule has 0 spiro atoms. The number of hydrogen-bond acceptors (Lipinski definition) is 2. The highest BCUT2D eigenvalue weighted by molar-refractivity contribution is 4.84. The van der Waals surface area contributed by atoms with Crippen LogP contribution in [0.3, 0.4) is 0 Å². The molecule has 0 aromatic rings. The molecule has 0 saturated carbocycles. The van der Waals surface area contributed by atoms with Gasteiger partial charge >= 0.3 is 0 Å². The maximum atomic E-state index is 5.61. The van der Waals surface area contributed by atoms with Crippen molar-refractivity contribution in [1.29, 1.82) is 0 Å². The Balaban J connectivity index is 2.42. The molecule has 0 aromatic heterocycles. The zero-order valence-corrected chi connectivity index (χ0v) is 7.93. The van der Waals surface area contributed by atoms with Gasteiger partial charge in [-0.25, -0.2) is 0 Å². The lowest BCUT2D eigenvalue weighted by Gasteiger charge is -2.31. The molecule has 1 rings (SSSR count). The van der Waals surface area contributed by atoms with Gasteiger partial charge in [-0.1, -0.05) is 0 Å². The van der Waals surface area contributed by atoms with Gasteiger partial charge in [0, 0.05) is 12.1 Å². The largest absolute Gasteiger partial charge is 0.330 e. The van der Waals surface area contributed by atoms with E-state index < -0.39 is 0 Å². The Morgan fingerprint density at radius 1 is 1.45 bits per heavy atom. The van der Waals surface area contributed by atoms with E-state index in [9.17, 15) is 0 Å². The first-order valence-electron chi connectivity index (χ1n) is 4.49. The molecule has 1 atom stereocenters. The standard InChI is InChI=1S/C9H20N2/c1-9(2,3)11-5-4-8(6-10)7-11/h8H,4-7,10H2,1-3H3/t8-/m1/s1. The van der Waals surface area contributed by atoms with Crippen LogP contribution < -0.4 is 5.73 Å². The second-order valence-electron chi connectivity index (χ2n) is 4.51. The molecule has 11 heavy (non-hydrogen) atoms. The van der Waals surface area contributed by atoms with Crippen LogP contribution in [0.4, 0.5) is 0 Å². The molecule has 1 aliphatic rings. The van der Waals surface area contributed by atoms with Crippen LogP contribution in [-0.2, 0) is 0 Å². The average Bonchev–Trinajstić information content (AvgIpc) is 2.32. The van der Waals surface area contributed by atoms with Gasteiger partial charge in [-0.3, -0.25) is 4.90 Å². The molecule has 1 aliphatic heterocycles. The topological polar surface area (TPSA) is 29.3 Å². The molecule has 2 N–H and O–H groups in total. The third-order valence-electron chi connectivity index (χ3n) is 2.57. The Labute approximate surface area is 69.8 Å². The molecule has 2 heteroatoms. The molecule has 0 unspecified atom stereocenters. The minimum atomic E-state index is 0.337. The van der Waals surface area contributed by atoms with E-state index in [0.717, 1.165) is 12.5 Å². The van der Waals surface area contributed by atoms with Crippen LogP contribution in [0, 0.1) is 5.92 Å². The second-order valence-corrected chi connectivity index (χ2v) is 4.51. The third kappa shape index (κ3) is 2.17. The van der Waals surface area contributed by atoms with Gasteiger partial charge in [-0.15, -0.1) is 0 Å². The second kappa shape index (κ2) is 3.11. The lowest BCUT2D eigenvalue weighted by molar-refractivity contribution is 0.169. The minimum absolute atomic E-state index is 0.337. The fraction of sp³-hybridized carbons (Fsp3) is 1.00. The molecule has 0 bridgehead atoms. The van der Waals surface area contributed by atoms with E-state index in [0.29, 0.717) is 5.54 Å². The van der Waals surface area contributed by atoms with Crippen molar-refractivity contribution in [2.24, 2.45) is 11.7 Å². The summed E-state index contributed by atoms with van der Waals surface area (Å²) in [5.41, 5.74) is 5.95. The Morgan fingerprint density at radius 3 is 2.36 bits per heavy atom. The van der Waals surface area contributed by atoms with Crippen molar-refractivity contribution in [3.05, 3.63) is 0 Å². The van der Waals surface area contributed by atoms with E-state index in [4.69, 9.17) is 5.73 Å². The fourth-order valence-corrected chi connectivity index (χ4v) is 1.63. The quantitative estimate of drug-likeness (QED) is 0.615. The zero-order valence-electron chi connectivity index (χ0n) is 7.93. The Hall–Kier alpha value is -0.0800. The summed E-state index contributed by atoms with van der Waals surface area (Å²) in [4.78, 5) is 2.52. The highest BCUT2D eigenvalue weighted by atomic mass is 15.2. The van der Waals surface area contributed by atoms with E-state index in [1.807, 2.05) is 0 Å². The normalized spacial score (nSPS) is 27.8. The van der Waals surface area contributed by atoms with Crippen LogP contribution in [0.1, 0.15) is 27.2 Å². The molecule has 1 heterocycles. The molecule has 0 amide bonds. The van der Waals surface area contributed by atoms with E-state index in [-0.39, 0.29) is 0 Å². The van der Waals surface area contributed by atoms with Crippen molar-refractivity contribution in [1.82, 2.24) is 4.90 Å². The zero-order chi connectivity index (χ0) is 8.48. The van der Waals surface area contributed by atoms with E-state index >= 15 is 0 Å². The lowest BCUT2D eigenvalue weighted by atomic mass is 10.1. The Bertz CT molecular complexity index is 126. The summed E-state index contributed by atoms with van der Waals surface area (Å²) < 4.78 is 0. The summed E-state index contributed by atoms with van der Waals surface area (Å²) in [6, 6.07) is 0. The van der Waals surface area contributed by atoms with Gasteiger partial charge in [-0.05, 0) is 46.2 Å². The highest BCUT2D eigenvalue weighted by Crippen LogP contribution is 2.23. The van der Waals surface area contributed by atoms with Gasteiger partial charge in [0.15, 0.2) is 0 Å². The number of rotatable bonds is 1. The summed E-state index contributed by atoms with van der Waals surface area (Å²) >= 11 is 0. The monoisotopic (exact) mass is 156 g/mol. The number of hydrogen-bond donors (Lipinski definition) is 1. The van der Waals surface area contributed by atoms with Gasteiger partial charge in [0.1, 0.15) is 0 Å². The highest BCUT2D eigenvalue weighted by Gasteiger charge is 2.28. The first-order chi connectivity index (χ1) is 5.04. The van der Waals surface area contributed by atoms with Gasteiger partial charge in [0.25, 0.3) is 0 Å². The lowest BCUT2D eigenvalue weighted by Crippen LogP contribution is -2.39. The van der Waals surface area contributed by atoms with Crippen LogP contribution in [-0.4, -0.2) is 30.1 Å². The van der Waals surface area contributed by atoms with Crippen molar-refractivity contribution < 1.29 is 0 Å². The third-order valence-corrected chi connectivity index (χ3v) is 2.57. The number of likely N-dealkylation sites (tertiary alicyclic amines) is 1. The van der Waals surface area contributed by atoms with Crippen LogP contribution >= 0.6 is 0 Å². The van der Waals surface area contributed by atoms with E-state index in [2.05, 4.69) is 25.7 Å². The van der Waals surface area contributed by atoms with E-state index in [1.165, 1.54) is 19.5 Å². The number of nitrogens with zero attached hydrogens (tertiary/aromatic N) is 1. The van der Waals surface area contributed by atoms with Crippen molar-refractivity contribution in [3.63, 3.8) is 0 Å². The molecule has 1 fully saturated rings. The first kappa shape index (κ1) is 9.01. The van der Waals surface area contributed by atoms with Gasteiger partial charge < -0.3 is 5.73 Å². The number of nitrogens with two attached hydrogens (primary N) is 1. The maximum Gasteiger partial charge on any atom is 0.0125 e. The van der Waals surface area contributed by atoms with E-state index in [1.54, 1.807) is 0 Å². The summed E-state index contributed by atoms with van der Waals surface area (Å²) in [5.74, 6) is 0.745. The van der Waals surface area contributed by atoms with Crippen LogP contribution in [0.25, 0.3) is 0 Å². The summed E-state index contributed by atoms with van der Waals surface area (Å²) in [7, 11) is 0. The molecule has 2 nitrogen and oxygen atoms in total. The molecular formula is C9H20N2. The van der Waals surface area contributed by atoms with Gasteiger partial charge in [0.2, 0.25) is 0 Å². The average molecular weight is 156 g/mol. The maximum absolute atomic E-state index is 5.61.